The van der Waals surface area contributed by atoms with Crippen LogP contribution in [0.15, 0.2) is 6.20 Å². The number of hydrogen-bond acceptors (Lipinski definition) is 3. The van der Waals surface area contributed by atoms with E-state index in [1.165, 1.54) is 0 Å². The quantitative estimate of drug-likeness (QED) is 0.726. The van der Waals surface area contributed by atoms with Crippen LogP contribution >= 0.6 is 0 Å². The monoisotopic (exact) mass is 237 g/mol. The van der Waals surface area contributed by atoms with Gasteiger partial charge >= 0.3 is 0 Å². The molecule has 2 unspecified atom stereocenters. The Balaban J connectivity index is 1.86. The molecule has 1 aliphatic carbocycles. The summed E-state index contributed by atoms with van der Waals surface area (Å²) in [4.78, 5) is 11.8. The number of H-pyrrole nitrogens is 1. The number of aromatic amines is 1. The molecule has 0 bridgehead atoms. The highest BCUT2D eigenvalue weighted by atomic mass is 16.3. The van der Waals surface area contributed by atoms with Crippen molar-refractivity contribution in [3.8, 4) is 0 Å². The number of aromatic nitrogens is 2. The van der Waals surface area contributed by atoms with Crippen molar-refractivity contribution < 1.29 is 9.90 Å². The van der Waals surface area contributed by atoms with Crippen LogP contribution in [0.5, 0.6) is 0 Å². The maximum absolute atomic E-state index is 11.8. The molecular formula is C12H19N3O2. The Kier molecular flexibility index (Phi) is 3.78. The lowest BCUT2D eigenvalue weighted by molar-refractivity contribution is 0.0937. The fourth-order valence-electron chi connectivity index (χ4n) is 2.52. The summed E-state index contributed by atoms with van der Waals surface area (Å²) in [5.41, 5.74) is 1.39. The van der Waals surface area contributed by atoms with Crippen molar-refractivity contribution >= 4 is 5.91 Å². The number of carbonyl (C=O) groups is 1. The van der Waals surface area contributed by atoms with E-state index in [1.54, 1.807) is 6.20 Å². The lowest BCUT2D eigenvalue weighted by Gasteiger charge is -2.17. The van der Waals surface area contributed by atoms with Crippen molar-refractivity contribution in [2.75, 3.05) is 13.2 Å². The fourth-order valence-corrected chi connectivity index (χ4v) is 2.52. The maximum atomic E-state index is 11.8. The molecule has 2 rings (SSSR count). The molecule has 1 fully saturated rings. The van der Waals surface area contributed by atoms with E-state index < -0.39 is 0 Å². The lowest BCUT2D eigenvalue weighted by atomic mass is 9.97. The molecule has 94 valence electrons. The second-order valence-electron chi connectivity index (χ2n) is 4.75. The van der Waals surface area contributed by atoms with Crippen LogP contribution in [0, 0.1) is 18.8 Å². The number of aliphatic hydroxyl groups excluding tert-OH is 1. The first-order chi connectivity index (χ1) is 8.22. The molecule has 1 aliphatic rings. The zero-order valence-electron chi connectivity index (χ0n) is 10.1. The SMILES string of the molecule is Cc1[nH]ncc1C(=O)NCC1CCCC1CO. The summed E-state index contributed by atoms with van der Waals surface area (Å²) in [6, 6.07) is 0. The number of aliphatic hydroxyl groups is 1. The average molecular weight is 237 g/mol. The van der Waals surface area contributed by atoms with E-state index in [2.05, 4.69) is 15.5 Å². The summed E-state index contributed by atoms with van der Waals surface area (Å²) in [6.07, 6.45) is 4.86. The van der Waals surface area contributed by atoms with Crippen LogP contribution in [0.2, 0.25) is 0 Å². The van der Waals surface area contributed by atoms with Crippen LogP contribution in [0.25, 0.3) is 0 Å². The number of rotatable bonds is 4. The number of nitrogens with one attached hydrogen (secondary N) is 2. The molecule has 0 aromatic carbocycles. The first-order valence-corrected chi connectivity index (χ1v) is 6.11. The van der Waals surface area contributed by atoms with E-state index >= 15 is 0 Å². The van der Waals surface area contributed by atoms with Gasteiger partial charge in [0.1, 0.15) is 0 Å². The van der Waals surface area contributed by atoms with Crippen LogP contribution in [0.1, 0.15) is 35.3 Å². The number of nitrogens with zero attached hydrogens (tertiary/aromatic N) is 1. The third-order valence-corrected chi connectivity index (χ3v) is 3.65. The number of hydrogen-bond donors (Lipinski definition) is 3. The normalized spacial score (nSPS) is 23.9. The highest BCUT2D eigenvalue weighted by molar-refractivity contribution is 5.94. The molecule has 0 spiro atoms. The predicted molar refractivity (Wildman–Crippen MR) is 63.6 cm³/mol. The third-order valence-electron chi connectivity index (χ3n) is 3.65. The van der Waals surface area contributed by atoms with Gasteiger partial charge in [-0.05, 0) is 31.6 Å². The summed E-state index contributed by atoms with van der Waals surface area (Å²) < 4.78 is 0. The highest BCUT2D eigenvalue weighted by Gasteiger charge is 2.27. The van der Waals surface area contributed by atoms with Crippen molar-refractivity contribution in [3.63, 3.8) is 0 Å². The molecule has 2 atom stereocenters. The Bertz CT molecular complexity index is 389. The van der Waals surface area contributed by atoms with E-state index in [-0.39, 0.29) is 12.5 Å². The summed E-state index contributed by atoms with van der Waals surface area (Å²) in [7, 11) is 0. The molecular weight excluding hydrogens is 218 g/mol. The first-order valence-electron chi connectivity index (χ1n) is 6.11. The minimum atomic E-state index is -0.0835. The van der Waals surface area contributed by atoms with Gasteiger partial charge in [0, 0.05) is 18.8 Å². The number of aryl methyl sites for hydroxylation is 1. The van der Waals surface area contributed by atoms with Gasteiger partial charge in [-0.1, -0.05) is 6.42 Å². The first kappa shape index (κ1) is 12.1. The third kappa shape index (κ3) is 2.66. The second kappa shape index (κ2) is 5.31. The average Bonchev–Trinajstić information content (AvgIpc) is 2.94. The number of amides is 1. The molecule has 1 saturated carbocycles. The standard InChI is InChI=1S/C12H19N3O2/c1-8-11(6-14-15-8)12(17)13-5-9-3-2-4-10(9)7-16/h6,9-10,16H,2-5,7H2,1H3,(H,13,17)(H,14,15). The smallest absolute Gasteiger partial charge is 0.254 e. The van der Waals surface area contributed by atoms with Crippen LogP contribution in [0.3, 0.4) is 0 Å². The Morgan fingerprint density at radius 3 is 3.00 bits per heavy atom. The summed E-state index contributed by atoms with van der Waals surface area (Å²) in [5.74, 6) is 0.678. The predicted octanol–water partition coefficient (Wildman–Crippen LogP) is 0.857. The minimum Gasteiger partial charge on any atom is -0.396 e. The van der Waals surface area contributed by atoms with Gasteiger partial charge in [-0.2, -0.15) is 5.10 Å². The van der Waals surface area contributed by atoms with Gasteiger partial charge in [0.2, 0.25) is 0 Å². The van der Waals surface area contributed by atoms with Gasteiger partial charge in [0.15, 0.2) is 0 Å². The molecule has 5 heteroatoms. The van der Waals surface area contributed by atoms with E-state index in [1.807, 2.05) is 6.92 Å². The van der Waals surface area contributed by atoms with Crippen LogP contribution in [0.4, 0.5) is 0 Å². The Morgan fingerprint density at radius 2 is 2.35 bits per heavy atom. The van der Waals surface area contributed by atoms with Crippen LogP contribution in [-0.2, 0) is 0 Å². The van der Waals surface area contributed by atoms with Gasteiger partial charge in [0.05, 0.1) is 11.8 Å². The molecule has 17 heavy (non-hydrogen) atoms. The Labute approximate surface area is 101 Å². The van der Waals surface area contributed by atoms with Crippen molar-refractivity contribution in [2.24, 2.45) is 11.8 Å². The van der Waals surface area contributed by atoms with Gasteiger partial charge < -0.3 is 10.4 Å². The van der Waals surface area contributed by atoms with E-state index in [0.29, 0.717) is 23.9 Å². The Morgan fingerprint density at radius 1 is 1.59 bits per heavy atom. The topological polar surface area (TPSA) is 78.0 Å². The number of carbonyl (C=O) groups excluding carboxylic acids is 1. The second-order valence-corrected chi connectivity index (χ2v) is 4.75. The largest absolute Gasteiger partial charge is 0.396 e. The molecule has 0 radical (unpaired) electrons. The highest BCUT2D eigenvalue weighted by Crippen LogP contribution is 2.30. The molecule has 0 saturated heterocycles. The van der Waals surface area contributed by atoms with Gasteiger partial charge in [-0.15, -0.1) is 0 Å². The maximum Gasteiger partial charge on any atom is 0.254 e. The molecule has 1 heterocycles. The van der Waals surface area contributed by atoms with Crippen LogP contribution < -0.4 is 5.32 Å². The van der Waals surface area contributed by atoms with E-state index in [0.717, 1.165) is 25.0 Å². The zero-order chi connectivity index (χ0) is 12.3. The van der Waals surface area contributed by atoms with Crippen molar-refractivity contribution in [3.05, 3.63) is 17.5 Å². The van der Waals surface area contributed by atoms with Crippen molar-refractivity contribution in [2.45, 2.75) is 26.2 Å². The molecule has 1 aromatic heterocycles. The molecule has 5 nitrogen and oxygen atoms in total. The molecule has 3 N–H and O–H groups in total. The van der Waals surface area contributed by atoms with Gasteiger partial charge in [-0.25, -0.2) is 0 Å². The minimum absolute atomic E-state index is 0.0835. The lowest BCUT2D eigenvalue weighted by Crippen LogP contribution is -2.31. The van der Waals surface area contributed by atoms with Crippen molar-refractivity contribution in [1.82, 2.24) is 15.5 Å². The summed E-state index contributed by atoms with van der Waals surface area (Å²) >= 11 is 0. The van der Waals surface area contributed by atoms with Crippen LogP contribution in [-0.4, -0.2) is 34.4 Å². The van der Waals surface area contributed by atoms with E-state index in [9.17, 15) is 9.90 Å². The van der Waals surface area contributed by atoms with E-state index in [4.69, 9.17) is 0 Å². The Hall–Kier alpha value is -1.36. The fraction of sp³-hybridized carbons (Fsp3) is 0.667. The summed E-state index contributed by atoms with van der Waals surface area (Å²) in [6.45, 7) is 2.70. The molecule has 1 aromatic rings. The summed E-state index contributed by atoms with van der Waals surface area (Å²) in [5, 5.41) is 18.7. The zero-order valence-corrected chi connectivity index (χ0v) is 10.1. The van der Waals surface area contributed by atoms with Crippen molar-refractivity contribution in [1.29, 1.82) is 0 Å². The van der Waals surface area contributed by atoms with Gasteiger partial charge in [-0.3, -0.25) is 9.89 Å². The molecule has 0 aliphatic heterocycles. The molecule has 1 amide bonds. The van der Waals surface area contributed by atoms with Gasteiger partial charge in [0.25, 0.3) is 5.91 Å².